The molecule has 0 saturated heterocycles. The number of nitrogens with zero attached hydrogens (tertiary/aromatic N) is 1. The molecular formula is C12H12FNO3. The molecule has 0 amide bonds. The van der Waals surface area contributed by atoms with Crippen LogP contribution < -0.4 is 4.74 Å². The molecule has 0 fully saturated rings. The topological polar surface area (TPSA) is 70.3 Å². The summed E-state index contributed by atoms with van der Waals surface area (Å²) in [7, 11) is 0. The summed E-state index contributed by atoms with van der Waals surface area (Å²) >= 11 is 0. The number of carbonyl (C=O) groups is 1. The first-order chi connectivity index (χ1) is 7.86. The lowest BCUT2D eigenvalue weighted by Crippen LogP contribution is -2.30. The predicted molar refractivity (Wildman–Crippen MR) is 58.0 cm³/mol. The molecule has 1 N–H and O–H groups in total. The molecule has 1 rings (SSSR count). The van der Waals surface area contributed by atoms with Crippen LogP contribution in [0.15, 0.2) is 18.2 Å². The summed E-state index contributed by atoms with van der Waals surface area (Å²) in [6, 6.07) is 5.56. The molecular weight excluding hydrogens is 225 g/mol. The zero-order chi connectivity index (χ0) is 13.1. The number of benzene rings is 1. The second kappa shape index (κ2) is 4.83. The summed E-state index contributed by atoms with van der Waals surface area (Å²) in [5.41, 5.74) is -0.910. The Balaban J connectivity index is 2.78. The number of hydrogen-bond acceptors (Lipinski definition) is 3. The first kappa shape index (κ1) is 13.0. The monoisotopic (exact) mass is 237 g/mol. The van der Waals surface area contributed by atoms with Crippen LogP contribution in [0.5, 0.6) is 5.75 Å². The molecule has 0 aliphatic carbocycles. The molecule has 0 saturated carbocycles. The van der Waals surface area contributed by atoms with Crippen molar-refractivity contribution in [2.45, 2.75) is 13.8 Å². The molecule has 0 aliphatic heterocycles. The third kappa shape index (κ3) is 3.18. The van der Waals surface area contributed by atoms with E-state index in [0.29, 0.717) is 0 Å². The normalized spacial score (nSPS) is 10.7. The Kier molecular flexibility index (Phi) is 3.69. The average Bonchev–Trinajstić information content (AvgIpc) is 2.27. The van der Waals surface area contributed by atoms with Crippen LogP contribution in [0.2, 0.25) is 0 Å². The van der Waals surface area contributed by atoms with Crippen molar-refractivity contribution in [3.05, 3.63) is 29.6 Å². The minimum Gasteiger partial charge on any atom is -0.489 e. The van der Waals surface area contributed by atoms with E-state index in [2.05, 4.69) is 0 Å². The lowest BCUT2D eigenvalue weighted by molar-refractivity contribution is -0.148. The van der Waals surface area contributed by atoms with Gasteiger partial charge in [0.05, 0.1) is 17.0 Å². The number of nitriles is 1. The van der Waals surface area contributed by atoms with E-state index in [1.54, 1.807) is 6.07 Å². The summed E-state index contributed by atoms with van der Waals surface area (Å²) in [5, 5.41) is 17.4. The Hall–Kier alpha value is -2.09. The van der Waals surface area contributed by atoms with Crippen molar-refractivity contribution in [3.63, 3.8) is 0 Å². The van der Waals surface area contributed by atoms with Crippen LogP contribution in [0.4, 0.5) is 4.39 Å². The van der Waals surface area contributed by atoms with Crippen LogP contribution >= 0.6 is 0 Å². The number of rotatable bonds is 4. The highest BCUT2D eigenvalue weighted by Gasteiger charge is 2.28. The van der Waals surface area contributed by atoms with E-state index in [1.807, 2.05) is 0 Å². The highest BCUT2D eigenvalue weighted by atomic mass is 19.1. The maximum Gasteiger partial charge on any atom is 0.312 e. The van der Waals surface area contributed by atoms with Crippen molar-refractivity contribution < 1.29 is 19.0 Å². The number of carboxylic acid groups (broad SMARTS) is 1. The maximum absolute atomic E-state index is 13.4. The van der Waals surface area contributed by atoms with Gasteiger partial charge in [0.15, 0.2) is 11.6 Å². The Bertz CT molecular complexity index is 477. The standard InChI is InChI=1S/C12H12FNO3/c1-12(2,11(15)16)7-17-10-4-3-8(6-14)5-9(10)13/h3-5H,7H2,1-2H3,(H,15,16). The molecule has 1 aromatic carbocycles. The van der Waals surface area contributed by atoms with Crippen molar-refractivity contribution in [2.24, 2.45) is 5.41 Å². The van der Waals surface area contributed by atoms with Crippen molar-refractivity contribution in [3.8, 4) is 11.8 Å². The molecule has 0 bridgehead atoms. The van der Waals surface area contributed by atoms with Gasteiger partial charge in [-0.25, -0.2) is 4.39 Å². The molecule has 4 nitrogen and oxygen atoms in total. The average molecular weight is 237 g/mol. The van der Waals surface area contributed by atoms with E-state index in [1.165, 1.54) is 26.0 Å². The van der Waals surface area contributed by atoms with E-state index >= 15 is 0 Å². The minimum absolute atomic E-state index is 0.0571. The van der Waals surface area contributed by atoms with Gasteiger partial charge < -0.3 is 9.84 Å². The Morgan fingerprint density at radius 1 is 1.59 bits per heavy atom. The molecule has 0 radical (unpaired) electrons. The quantitative estimate of drug-likeness (QED) is 0.871. The lowest BCUT2D eigenvalue weighted by Gasteiger charge is -2.19. The molecule has 0 unspecified atom stereocenters. The van der Waals surface area contributed by atoms with E-state index in [0.717, 1.165) is 6.07 Å². The number of ether oxygens (including phenoxy) is 1. The summed E-state index contributed by atoms with van der Waals surface area (Å²) in [5.74, 6) is -1.75. The van der Waals surface area contributed by atoms with Crippen LogP contribution in [-0.2, 0) is 4.79 Å². The molecule has 0 aliphatic rings. The Morgan fingerprint density at radius 3 is 2.71 bits per heavy atom. The zero-order valence-corrected chi connectivity index (χ0v) is 9.53. The Labute approximate surface area is 98.2 Å². The fourth-order valence-corrected chi connectivity index (χ4v) is 1.01. The van der Waals surface area contributed by atoms with E-state index in [9.17, 15) is 9.18 Å². The largest absolute Gasteiger partial charge is 0.489 e. The summed E-state index contributed by atoms with van der Waals surface area (Å²) in [6.07, 6.45) is 0. The highest BCUT2D eigenvalue weighted by molar-refractivity contribution is 5.73. The SMILES string of the molecule is CC(C)(COc1ccc(C#N)cc1F)C(=O)O. The maximum atomic E-state index is 13.4. The molecule has 0 heterocycles. The fraction of sp³-hybridized carbons (Fsp3) is 0.333. The first-order valence-corrected chi connectivity index (χ1v) is 4.92. The number of carboxylic acids is 1. The minimum atomic E-state index is -1.10. The van der Waals surface area contributed by atoms with Gasteiger partial charge in [0.25, 0.3) is 0 Å². The summed E-state index contributed by atoms with van der Waals surface area (Å²) < 4.78 is 18.5. The van der Waals surface area contributed by atoms with Gasteiger partial charge in [0, 0.05) is 0 Å². The fourth-order valence-electron chi connectivity index (χ4n) is 1.01. The van der Waals surface area contributed by atoms with Crippen LogP contribution in [0.3, 0.4) is 0 Å². The third-order valence-electron chi connectivity index (χ3n) is 2.23. The second-order valence-electron chi connectivity index (χ2n) is 4.23. The van der Waals surface area contributed by atoms with Gasteiger partial charge in [-0.15, -0.1) is 0 Å². The highest BCUT2D eigenvalue weighted by Crippen LogP contribution is 2.22. The van der Waals surface area contributed by atoms with Gasteiger partial charge in [-0.2, -0.15) is 5.26 Å². The summed E-state index contributed by atoms with van der Waals surface area (Å²) in [6.45, 7) is 2.82. The van der Waals surface area contributed by atoms with Crippen molar-refractivity contribution in [2.75, 3.05) is 6.61 Å². The molecule has 90 valence electrons. The van der Waals surface area contributed by atoms with Gasteiger partial charge in [0.2, 0.25) is 0 Å². The molecule has 17 heavy (non-hydrogen) atoms. The van der Waals surface area contributed by atoms with Gasteiger partial charge in [-0.3, -0.25) is 4.79 Å². The van der Waals surface area contributed by atoms with Gasteiger partial charge in [-0.05, 0) is 32.0 Å². The van der Waals surface area contributed by atoms with E-state index in [4.69, 9.17) is 15.1 Å². The van der Waals surface area contributed by atoms with Crippen LogP contribution in [0, 0.1) is 22.6 Å². The third-order valence-corrected chi connectivity index (χ3v) is 2.23. The lowest BCUT2D eigenvalue weighted by atomic mass is 9.95. The molecule has 0 atom stereocenters. The van der Waals surface area contributed by atoms with Gasteiger partial charge >= 0.3 is 5.97 Å². The second-order valence-corrected chi connectivity index (χ2v) is 4.23. The Morgan fingerprint density at radius 2 is 2.24 bits per heavy atom. The van der Waals surface area contributed by atoms with Crippen molar-refractivity contribution in [1.82, 2.24) is 0 Å². The first-order valence-electron chi connectivity index (χ1n) is 4.92. The molecule has 0 spiro atoms. The van der Waals surface area contributed by atoms with Crippen molar-refractivity contribution >= 4 is 5.97 Å². The predicted octanol–water partition coefficient (Wildman–Crippen LogP) is 2.19. The van der Waals surface area contributed by atoms with Crippen LogP contribution in [0.1, 0.15) is 19.4 Å². The molecule has 0 aromatic heterocycles. The van der Waals surface area contributed by atoms with Crippen molar-refractivity contribution in [1.29, 1.82) is 5.26 Å². The smallest absolute Gasteiger partial charge is 0.312 e. The van der Waals surface area contributed by atoms with E-state index < -0.39 is 17.2 Å². The molecule has 5 heteroatoms. The zero-order valence-electron chi connectivity index (χ0n) is 9.53. The summed E-state index contributed by atoms with van der Waals surface area (Å²) in [4.78, 5) is 10.8. The number of hydrogen-bond donors (Lipinski definition) is 1. The molecule has 1 aromatic rings. The number of aliphatic carboxylic acids is 1. The van der Waals surface area contributed by atoms with Crippen LogP contribution in [-0.4, -0.2) is 17.7 Å². The van der Waals surface area contributed by atoms with Gasteiger partial charge in [-0.1, -0.05) is 0 Å². The van der Waals surface area contributed by atoms with Gasteiger partial charge in [0.1, 0.15) is 6.61 Å². The number of halogens is 1. The van der Waals surface area contributed by atoms with Crippen LogP contribution in [0.25, 0.3) is 0 Å². The van der Waals surface area contributed by atoms with E-state index in [-0.39, 0.29) is 17.9 Å².